The number of nitrogens with one attached hydrogen (secondary N) is 1. The molecule has 2 heterocycles. The van der Waals surface area contributed by atoms with Crippen LogP contribution in [0.3, 0.4) is 0 Å². The van der Waals surface area contributed by atoms with Gasteiger partial charge < -0.3 is 9.84 Å². The van der Waals surface area contributed by atoms with Crippen LogP contribution in [-0.4, -0.2) is 20.8 Å². The van der Waals surface area contributed by atoms with E-state index in [0.717, 1.165) is 33.6 Å². The van der Waals surface area contributed by atoms with E-state index in [2.05, 4.69) is 29.4 Å². The summed E-state index contributed by atoms with van der Waals surface area (Å²) in [6, 6.07) is 6.11. The first kappa shape index (κ1) is 17.2. The van der Waals surface area contributed by atoms with E-state index < -0.39 is 0 Å². The number of nitrogens with zero attached hydrogens (tertiary/aromatic N) is 3. The molecule has 6 nitrogen and oxygen atoms in total. The summed E-state index contributed by atoms with van der Waals surface area (Å²) < 4.78 is 7.12. The lowest BCUT2D eigenvalue weighted by atomic mass is 9.96. The van der Waals surface area contributed by atoms with Gasteiger partial charge in [0.05, 0.1) is 11.2 Å². The molecule has 0 bridgehead atoms. The zero-order chi connectivity index (χ0) is 18.1. The molecule has 0 aliphatic rings. The summed E-state index contributed by atoms with van der Waals surface area (Å²) in [4.78, 5) is 12.4. The van der Waals surface area contributed by atoms with Crippen LogP contribution in [0, 0.1) is 13.8 Å². The van der Waals surface area contributed by atoms with Crippen molar-refractivity contribution < 1.29 is 9.32 Å². The number of anilines is 1. The van der Waals surface area contributed by atoms with Crippen molar-refractivity contribution in [1.29, 1.82) is 0 Å². The van der Waals surface area contributed by atoms with Gasteiger partial charge in [-0.15, -0.1) is 0 Å². The highest BCUT2D eigenvalue weighted by atomic mass is 16.5. The predicted octanol–water partition coefficient (Wildman–Crippen LogP) is 4.35. The van der Waals surface area contributed by atoms with Crippen molar-refractivity contribution >= 4 is 22.5 Å². The molecule has 6 heteroatoms. The van der Waals surface area contributed by atoms with Gasteiger partial charge in [-0.2, -0.15) is 5.10 Å². The maximum absolute atomic E-state index is 12.4. The van der Waals surface area contributed by atoms with Crippen molar-refractivity contribution in [3.8, 4) is 0 Å². The van der Waals surface area contributed by atoms with Crippen molar-refractivity contribution in [2.75, 3.05) is 5.32 Å². The molecule has 0 aliphatic heterocycles. The molecule has 0 spiro atoms. The predicted molar refractivity (Wildman–Crippen MR) is 97.8 cm³/mol. The second kappa shape index (κ2) is 6.70. The molecule has 0 aliphatic carbocycles. The highest BCUT2D eigenvalue weighted by Gasteiger charge is 2.19. The molecule has 3 aromatic rings. The summed E-state index contributed by atoms with van der Waals surface area (Å²) >= 11 is 0. The summed E-state index contributed by atoms with van der Waals surface area (Å²) in [7, 11) is 0. The molecule has 1 N–H and O–H groups in total. The third-order valence-corrected chi connectivity index (χ3v) is 4.41. The van der Waals surface area contributed by atoms with Gasteiger partial charge in [-0.1, -0.05) is 12.1 Å². The van der Waals surface area contributed by atoms with Crippen LogP contribution in [0.25, 0.3) is 10.9 Å². The van der Waals surface area contributed by atoms with Crippen LogP contribution in [0.2, 0.25) is 0 Å². The molecular weight excluding hydrogens is 316 g/mol. The van der Waals surface area contributed by atoms with Gasteiger partial charge in [-0.05, 0) is 51.8 Å². The summed E-state index contributed by atoms with van der Waals surface area (Å²) in [5, 5.41) is 12.5. The van der Waals surface area contributed by atoms with Gasteiger partial charge >= 0.3 is 0 Å². The molecule has 1 amide bonds. The monoisotopic (exact) mass is 340 g/mol. The summed E-state index contributed by atoms with van der Waals surface area (Å²) in [6.07, 6.45) is 2.40. The zero-order valence-corrected chi connectivity index (χ0v) is 15.3. The number of fused-ring (bicyclic) bond motifs is 1. The molecule has 3 rings (SSSR count). The number of benzene rings is 1. The van der Waals surface area contributed by atoms with Crippen LogP contribution in [0.1, 0.15) is 56.2 Å². The minimum atomic E-state index is -0.0323. The Labute approximate surface area is 147 Å². The van der Waals surface area contributed by atoms with Crippen molar-refractivity contribution in [1.82, 2.24) is 14.9 Å². The molecule has 0 radical (unpaired) electrons. The molecule has 0 saturated carbocycles. The first-order valence-electron chi connectivity index (χ1n) is 8.56. The zero-order valence-electron chi connectivity index (χ0n) is 15.3. The molecule has 0 fully saturated rings. The van der Waals surface area contributed by atoms with Gasteiger partial charge in [-0.25, -0.2) is 0 Å². The molecule has 1 aromatic carbocycles. The van der Waals surface area contributed by atoms with Crippen LogP contribution < -0.4 is 5.32 Å². The Morgan fingerprint density at radius 3 is 2.68 bits per heavy atom. The summed E-state index contributed by atoms with van der Waals surface area (Å²) in [5.41, 5.74) is 3.50. The fourth-order valence-electron chi connectivity index (χ4n) is 3.16. The molecular formula is C19H24N4O2. The van der Waals surface area contributed by atoms with Gasteiger partial charge in [0, 0.05) is 35.3 Å². The average Bonchev–Trinajstić information content (AvgIpc) is 3.10. The number of aryl methyl sites for hydroxylation is 2. The third-order valence-electron chi connectivity index (χ3n) is 4.41. The quantitative estimate of drug-likeness (QED) is 0.749. The lowest BCUT2D eigenvalue weighted by molar-refractivity contribution is -0.116. The van der Waals surface area contributed by atoms with Crippen molar-refractivity contribution in [3.63, 3.8) is 0 Å². The second-order valence-corrected chi connectivity index (χ2v) is 6.87. The number of amides is 1. The Hall–Kier alpha value is -2.63. The largest absolute Gasteiger partial charge is 0.361 e. The number of carbonyl (C=O) groups excluding carboxylic acids is 1. The van der Waals surface area contributed by atoms with Gasteiger partial charge in [0.2, 0.25) is 5.91 Å². The standard InChI is InChI=1S/C19H24N4O2/c1-11(2)23-10-15-6-7-16(9-17(15)21-23)20-18(24)8-12(3)19-13(4)22-25-14(19)5/h6-7,9-12H,8H2,1-5H3,(H,20,24)/t12-/m0/s1. The van der Waals surface area contributed by atoms with Crippen molar-refractivity contribution in [3.05, 3.63) is 41.4 Å². The van der Waals surface area contributed by atoms with Gasteiger partial charge in [0.25, 0.3) is 0 Å². The number of carbonyl (C=O) groups is 1. The molecule has 132 valence electrons. The van der Waals surface area contributed by atoms with E-state index in [9.17, 15) is 4.79 Å². The van der Waals surface area contributed by atoms with E-state index in [4.69, 9.17) is 4.52 Å². The van der Waals surface area contributed by atoms with Gasteiger partial charge in [0.15, 0.2) is 0 Å². The fourth-order valence-corrected chi connectivity index (χ4v) is 3.16. The minimum absolute atomic E-state index is 0.0323. The van der Waals surface area contributed by atoms with Crippen molar-refractivity contribution in [2.24, 2.45) is 0 Å². The number of hydrogen-bond donors (Lipinski definition) is 1. The maximum atomic E-state index is 12.4. The second-order valence-electron chi connectivity index (χ2n) is 6.87. The molecule has 0 saturated heterocycles. The van der Waals surface area contributed by atoms with Crippen molar-refractivity contribution in [2.45, 2.75) is 53.0 Å². The smallest absolute Gasteiger partial charge is 0.224 e. The van der Waals surface area contributed by atoms with Crippen LogP contribution in [0.15, 0.2) is 28.9 Å². The highest BCUT2D eigenvalue weighted by Crippen LogP contribution is 2.26. The first-order chi connectivity index (χ1) is 11.8. The van der Waals surface area contributed by atoms with Crippen LogP contribution in [-0.2, 0) is 4.79 Å². The normalized spacial score (nSPS) is 12.7. The Balaban J connectivity index is 1.71. The SMILES string of the molecule is Cc1noc(C)c1[C@@H](C)CC(=O)Nc1ccc2cn(C(C)C)nc2c1. The Kier molecular flexibility index (Phi) is 4.61. The Morgan fingerprint density at radius 2 is 2.04 bits per heavy atom. The van der Waals surface area contributed by atoms with E-state index in [0.29, 0.717) is 12.5 Å². The third kappa shape index (κ3) is 3.57. The lowest BCUT2D eigenvalue weighted by Gasteiger charge is -2.11. The number of rotatable bonds is 5. The van der Waals surface area contributed by atoms with E-state index in [1.807, 2.05) is 49.8 Å². The van der Waals surface area contributed by atoms with E-state index in [1.165, 1.54) is 0 Å². The van der Waals surface area contributed by atoms with Crippen LogP contribution >= 0.6 is 0 Å². The average molecular weight is 340 g/mol. The lowest BCUT2D eigenvalue weighted by Crippen LogP contribution is -2.15. The van der Waals surface area contributed by atoms with Gasteiger partial charge in [-0.3, -0.25) is 9.48 Å². The minimum Gasteiger partial charge on any atom is -0.361 e. The highest BCUT2D eigenvalue weighted by molar-refractivity contribution is 5.93. The topological polar surface area (TPSA) is 73.0 Å². The number of hydrogen-bond acceptors (Lipinski definition) is 4. The van der Waals surface area contributed by atoms with E-state index >= 15 is 0 Å². The fraction of sp³-hybridized carbons (Fsp3) is 0.421. The Morgan fingerprint density at radius 1 is 1.28 bits per heavy atom. The van der Waals surface area contributed by atoms with Crippen LogP contribution in [0.4, 0.5) is 5.69 Å². The summed E-state index contributed by atoms with van der Waals surface area (Å²) in [5.74, 6) is 0.795. The van der Waals surface area contributed by atoms with E-state index in [1.54, 1.807) is 0 Å². The first-order valence-corrected chi connectivity index (χ1v) is 8.56. The summed E-state index contributed by atoms with van der Waals surface area (Å²) in [6.45, 7) is 9.97. The molecule has 25 heavy (non-hydrogen) atoms. The molecule has 2 aromatic heterocycles. The van der Waals surface area contributed by atoms with E-state index in [-0.39, 0.29) is 11.8 Å². The Bertz CT molecular complexity index is 888. The van der Waals surface area contributed by atoms with Gasteiger partial charge in [0.1, 0.15) is 5.76 Å². The molecule has 1 atom stereocenters. The maximum Gasteiger partial charge on any atom is 0.224 e. The number of aromatic nitrogens is 3. The van der Waals surface area contributed by atoms with Crippen LogP contribution in [0.5, 0.6) is 0 Å². The molecule has 0 unspecified atom stereocenters.